The molecule has 0 heterocycles. The van der Waals surface area contributed by atoms with E-state index in [1.807, 2.05) is 72.9 Å². The molecular weight excluding hydrogens is 442 g/mol. The van der Waals surface area contributed by atoms with Crippen LogP contribution in [-0.2, 0) is 0 Å². The predicted octanol–water partition coefficient (Wildman–Crippen LogP) is 7.18. The van der Waals surface area contributed by atoms with Crippen LogP contribution in [0.25, 0.3) is 0 Å². The van der Waals surface area contributed by atoms with Crippen molar-refractivity contribution in [3.8, 4) is 11.5 Å². The molecule has 2 nitrogen and oxygen atoms in total. The van der Waals surface area contributed by atoms with Crippen LogP contribution in [0.1, 0.15) is 24.1 Å². The van der Waals surface area contributed by atoms with Crippen molar-refractivity contribution in [1.29, 1.82) is 0 Å². The topological polar surface area (TPSA) is 21.6 Å². The van der Waals surface area contributed by atoms with E-state index >= 15 is 0 Å². The van der Waals surface area contributed by atoms with E-state index in [-0.39, 0.29) is 6.04 Å². The molecule has 126 valence electrons. The van der Waals surface area contributed by atoms with Gasteiger partial charge < -0.3 is 4.74 Å². The zero-order valence-electron chi connectivity index (χ0n) is 13.7. The lowest BCUT2D eigenvalue weighted by Crippen LogP contribution is -1.93. The van der Waals surface area contributed by atoms with Crippen molar-refractivity contribution in [1.82, 2.24) is 0 Å². The third-order valence-corrected chi connectivity index (χ3v) is 4.90. The molecule has 0 aliphatic rings. The zero-order valence-corrected chi connectivity index (χ0v) is 16.9. The number of hydrogen-bond donors (Lipinski definition) is 0. The van der Waals surface area contributed by atoms with Gasteiger partial charge in [-0.3, -0.25) is 4.99 Å². The van der Waals surface area contributed by atoms with E-state index in [9.17, 15) is 0 Å². The number of benzene rings is 3. The molecule has 0 radical (unpaired) electrons. The highest BCUT2D eigenvalue weighted by atomic mass is 79.9. The fourth-order valence-corrected chi connectivity index (χ4v) is 3.74. The Labute approximate surface area is 164 Å². The zero-order chi connectivity index (χ0) is 17.6. The first-order valence-corrected chi connectivity index (χ1v) is 9.51. The number of para-hydroxylation sites is 1. The molecule has 3 aromatic rings. The average molecular weight is 459 g/mol. The Morgan fingerprint density at radius 1 is 0.880 bits per heavy atom. The molecule has 0 amide bonds. The fourth-order valence-electron chi connectivity index (χ4n) is 2.37. The second-order valence-electron chi connectivity index (χ2n) is 5.60. The van der Waals surface area contributed by atoms with Crippen molar-refractivity contribution in [2.45, 2.75) is 13.0 Å². The van der Waals surface area contributed by atoms with Crippen LogP contribution in [0.4, 0.5) is 0 Å². The van der Waals surface area contributed by atoms with Gasteiger partial charge in [-0.05, 0) is 66.6 Å². The first kappa shape index (κ1) is 17.9. The summed E-state index contributed by atoms with van der Waals surface area (Å²) in [5.74, 6) is 1.64. The van der Waals surface area contributed by atoms with Crippen molar-refractivity contribution in [3.05, 3.63) is 92.9 Å². The van der Waals surface area contributed by atoms with E-state index in [1.165, 1.54) is 0 Å². The molecule has 3 aromatic carbocycles. The van der Waals surface area contributed by atoms with E-state index in [0.29, 0.717) is 0 Å². The Bertz CT molecular complexity index is 861. The van der Waals surface area contributed by atoms with E-state index in [0.717, 1.165) is 31.6 Å². The predicted molar refractivity (Wildman–Crippen MR) is 111 cm³/mol. The van der Waals surface area contributed by atoms with E-state index in [4.69, 9.17) is 4.74 Å². The van der Waals surface area contributed by atoms with Gasteiger partial charge >= 0.3 is 0 Å². The van der Waals surface area contributed by atoms with Crippen LogP contribution in [0.5, 0.6) is 11.5 Å². The fraction of sp³-hybridized carbons (Fsp3) is 0.0952. The van der Waals surface area contributed by atoms with Crippen molar-refractivity contribution in [2.75, 3.05) is 0 Å². The van der Waals surface area contributed by atoms with Crippen molar-refractivity contribution in [2.24, 2.45) is 4.99 Å². The number of hydrogen-bond acceptors (Lipinski definition) is 2. The molecule has 0 aromatic heterocycles. The molecule has 1 atom stereocenters. The van der Waals surface area contributed by atoms with Crippen LogP contribution in [0.3, 0.4) is 0 Å². The molecule has 1 unspecified atom stereocenters. The summed E-state index contributed by atoms with van der Waals surface area (Å²) in [5.41, 5.74) is 2.20. The Morgan fingerprint density at radius 3 is 2.24 bits per heavy atom. The number of rotatable bonds is 5. The number of ether oxygens (including phenoxy) is 1. The van der Waals surface area contributed by atoms with Crippen LogP contribution in [0, 0.1) is 0 Å². The Balaban J connectivity index is 1.67. The lowest BCUT2D eigenvalue weighted by atomic mass is 10.1. The lowest BCUT2D eigenvalue weighted by Gasteiger charge is -2.09. The molecule has 25 heavy (non-hydrogen) atoms. The summed E-state index contributed by atoms with van der Waals surface area (Å²) in [6, 6.07) is 23.9. The summed E-state index contributed by atoms with van der Waals surface area (Å²) in [4.78, 5) is 4.66. The molecule has 0 fully saturated rings. The smallest absolute Gasteiger partial charge is 0.127 e. The Morgan fingerprint density at radius 2 is 1.56 bits per heavy atom. The monoisotopic (exact) mass is 457 g/mol. The highest BCUT2D eigenvalue weighted by Gasteiger charge is 2.07. The molecule has 4 heteroatoms. The van der Waals surface area contributed by atoms with Gasteiger partial charge in [-0.15, -0.1) is 0 Å². The van der Waals surface area contributed by atoms with Gasteiger partial charge in [0.05, 0.1) is 6.04 Å². The molecule has 0 aliphatic carbocycles. The van der Waals surface area contributed by atoms with Crippen LogP contribution in [-0.4, -0.2) is 6.21 Å². The third-order valence-electron chi connectivity index (χ3n) is 3.72. The maximum Gasteiger partial charge on any atom is 0.127 e. The molecule has 3 rings (SSSR count). The minimum atomic E-state index is 0.0720. The van der Waals surface area contributed by atoms with Gasteiger partial charge in [0, 0.05) is 15.2 Å². The highest BCUT2D eigenvalue weighted by Crippen LogP contribution is 2.28. The third kappa shape index (κ3) is 5.03. The van der Waals surface area contributed by atoms with E-state index < -0.39 is 0 Å². The Hall–Kier alpha value is -1.91. The van der Waals surface area contributed by atoms with Gasteiger partial charge in [0.1, 0.15) is 11.5 Å². The van der Waals surface area contributed by atoms with E-state index in [2.05, 4.69) is 49.8 Å². The minimum absolute atomic E-state index is 0.0720. The minimum Gasteiger partial charge on any atom is -0.457 e. The van der Waals surface area contributed by atoms with E-state index in [1.54, 1.807) is 0 Å². The van der Waals surface area contributed by atoms with Gasteiger partial charge in [-0.2, -0.15) is 0 Å². The summed E-state index contributed by atoms with van der Waals surface area (Å²) in [6.45, 7) is 2.08. The molecule has 0 saturated heterocycles. The summed E-state index contributed by atoms with van der Waals surface area (Å²) < 4.78 is 7.90. The number of nitrogens with zero attached hydrogens (tertiary/aromatic N) is 1. The maximum atomic E-state index is 5.80. The molecule has 0 bridgehead atoms. The van der Waals surface area contributed by atoms with Gasteiger partial charge in [0.2, 0.25) is 0 Å². The summed E-state index contributed by atoms with van der Waals surface area (Å²) in [6.07, 6.45) is 1.89. The molecular formula is C21H17Br2NO. The van der Waals surface area contributed by atoms with Gasteiger partial charge in [0.25, 0.3) is 0 Å². The molecule has 0 spiro atoms. The quantitative estimate of drug-likeness (QED) is 0.371. The highest BCUT2D eigenvalue weighted by molar-refractivity contribution is 9.11. The molecule has 0 saturated carbocycles. The van der Waals surface area contributed by atoms with Crippen LogP contribution in [0.2, 0.25) is 0 Å². The number of aliphatic imine (C=N–C) groups is 1. The van der Waals surface area contributed by atoms with Crippen LogP contribution in [0.15, 0.2) is 86.7 Å². The van der Waals surface area contributed by atoms with Crippen LogP contribution < -0.4 is 4.74 Å². The summed E-state index contributed by atoms with van der Waals surface area (Å²) >= 11 is 7.07. The summed E-state index contributed by atoms with van der Waals surface area (Å²) in [5, 5.41) is 0. The van der Waals surface area contributed by atoms with Gasteiger partial charge in [-0.1, -0.05) is 56.1 Å². The second-order valence-corrected chi connectivity index (χ2v) is 7.37. The maximum absolute atomic E-state index is 5.80. The van der Waals surface area contributed by atoms with Crippen molar-refractivity contribution in [3.63, 3.8) is 0 Å². The largest absolute Gasteiger partial charge is 0.457 e. The standard InChI is InChI=1S/C21H17Br2NO/c1-15(20-12-9-17(22)13-21(20)23)24-14-16-7-10-19(11-8-16)25-18-5-3-2-4-6-18/h2-15H,1H3. The average Bonchev–Trinajstić information content (AvgIpc) is 2.62. The van der Waals surface area contributed by atoms with Crippen LogP contribution >= 0.6 is 31.9 Å². The number of halogens is 2. The molecule has 0 aliphatic heterocycles. The van der Waals surface area contributed by atoms with Crippen molar-refractivity contribution >= 4 is 38.1 Å². The SMILES string of the molecule is CC(N=Cc1ccc(Oc2ccccc2)cc1)c1ccc(Br)cc1Br. The second kappa shape index (κ2) is 8.45. The van der Waals surface area contributed by atoms with Gasteiger partial charge in [0.15, 0.2) is 0 Å². The summed E-state index contributed by atoms with van der Waals surface area (Å²) in [7, 11) is 0. The lowest BCUT2D eigenvalue weighted by molar-refractivity contribution is 0.482. The Kier molecular flexibility index (Phi) is 6.05. The van der Waals surface area contributed by atoms with Crippen molar-refractivity contribution < 1.29 is 4.74 Å². The first-order chi connectivity index (χ1) is 12.1. The normalized spacial score (nSPS) is 12.3. The molecule has 0 N–H and O–H groups in total. The first-order valence-electron chi connectivity index (χ1n) is 7.93. The van der Waals surface area contributed by atoms with Gasteiger partial charge in [-0.25, -0.2) is 0 Å².